The first kappa shape index (κ1) is 15.4. The first-order valence-corrected chi connectivity index (χ1v) is 6.88. The van der Waals surface area contributed by atoms with Crippen molar-refractivity contribution >= 4 is 0 Å². The summed E-state index contributed by atoms with van der Waals surface area (Å²) in [6, 6.07) is 9.83. The van der Waals surface area contributed by atoms with Crippen LogP contribution in [0, 0.1) is 18.6 Å². The van der Waals surface area contributed by atoms with Gasteiger partial charge in [0.25, 0.3) is 0 Å². The van der Waals surface area contributed by atoms with Crippen molar-refractivity contribution in [2.45, 2.75) is 32.9 Å². The van der Waals surface area contributed by atoms with Crippen LogP contribution in [0.1, 0.15) is 23.6 Å². The Hall–Kier alpha value is -1.94. The van der Waals surface area contributed by atoms with Crippen molar-refractivity contribution in [2.24, 2.45) is 5.73 Å². The zero-order valence-electron chi connectivity index (χ0n) is 12.2. The molecule has 4 heteroatoms. The number of ether oxygens (including phenoxy) is 1. The zero-order valence-corrected chi connectivity index (χ0v) is 12.2. The van der Waals surface area contributed by atoms with E-state index in [1.165, 1.54) is 12.1 Å². The van der Waals surface area contributed by atoms with Crippen molar-refractivity contribution < 1.29 is 13.5 Å². The van der Waals surface area contributed by atoms with E-state index in [0.29, 0.717) is 12.2 Å². The lowest BCUT2D eigenvalue weighted by Crippen LogP contribution is -2.18. The number of hydrogen-bond donors (Lipinski definition) is 1. The van der Waals surface area contributed by atoms with Gasteiger partial charge in [0.05, 0.1) is 0 Å². The molecule has 21 heavy (non-hydrogen) atoms. The topological polar surface area (TPSA) is 35.2 Å². The number of benzene rings is 2. The summed E-state index contributed by atoms with van der Waals surface area (Å²) < 4.78 is 32.4. The minimum Gasteiger partial charge on any atom is -0.489 e. The van der Waals surface area contributed by atoms with Crippen molar-refractivity contribution in [1.82, 2.24) is 0 Å². The van der Waals surface area contributed by atoms with Gasteiger partial charge in [-0.25, -0.2) is 8.78 Å². The molecule has 0 amide bonds. The van der Waals surface area contributed by atoms with Crippen molar-refractivity contribution in [3.8, 4) is 5.75 Å². The molecule has 2 nitrogen and oxygen atoms in total. The molecule has 1 unspecified atom stereocenters. The Morgan fingerprint density at radius 2 is 1.90 bits per heavy atom. The molecule has 2 aromatic carbocycles. The van der Waals surface area contributed by atoms with Gasteiger partial charge in [0.1, 0.15) is 12.4 Å². The average molecular weight is 291 g/mol. The minimum absolute atomic E-state index is 0.0000517. The van der Waals surface area contributed by atoms with Crippen LogP contribution in [0.5, 0.6) is 5.75 Å². The Bertz CT molecular complexity index is 626. The summed E-state index contributed by atoms with van der Waals surface area (Å²) >= 11 is 0. The lowest BCUT2D eigenvalue weighted by Gasteiger charge is -2.14. The molecule has 0 spiro atoms. The highest BCUT2D eigenvalue weighted by Crippen LogP contribution is 2.23. The van der Waals surface area contributed by atoms with Gasteiger partial charge < -0.3 is 10.5 Å². The van der Waals surface area contributed by atoms with Gasteiger partial charge in [-0.1, -0.05) is 29.8 Å². The molecule has 2 aromatic rings. The van der Waals surface area contributed by atoms with Crippen molar-refractivity contribution in [1.29, 1.82) is 0 Å². The monoisotopic (exact) mass is 291 g/mol. The third-order valence-corrected chi connectivity index (χ3v) is 3.17. The molecule has 1 atom stereocenters. The Kier molecular flexibility index (Phi) is 4.91. The lowest BCUT2D eigenvalue weighted by atomic mass is 10.0. The van der Waals surface area contributed by atoms with Gasteiger partial charge in [-0.3, -0.25) is 0 Å². The van der Waals surface area contributed by atoms with E-state index in [9.17, 15) is 8.78 Å². The third kappa shape index (κ3) is 4.02. The van der Waals surface area contributed by atoms with Crippen molar-refractivity contribution in [3.05, 3.63) is 64.7 Å². The largest absolute Gasteiger partial charge is 0.489 e. The molecular formula is C17H19F2NO. The van der Waals surface area contributed by atoms with Crippen LogP contribution < -0.4 is 10.5 Å². The Balaban J connectivity index is 2.18. The van der Waals surface area contributed by atoms with E-state index in [4.69, 9.17) is 10.5 Å². The molecule has 0 aliphatic rings. The summed E-state index contributed by atoms with van der Waals surface area (Å²) in [5, 5.41) is 0. The average Bonchev–Trinajstić information content (AvgIpc) is 2.41. The summed E-state index contributed by atoms with van der Waals surface area (Å²) in [5.41, 5.74) is 8.11. The van der Waals surface area contributed by atoms with Crippen molar-refractivity contribution in [2.75, 3.05) is 0 Å². The minimum atomic E-state index is -0.865. The van der Waals surface area contributed by atoms with Crippen molar-refractivity contribution in [3.63, 3.8) is 0 Å². The molecular weight excluding hydrogens is 272 g/mol. The number of aryl methyl sites for hydroxylation is 1. The summed E-state index contributed by atoms with van der Waals surface area (Å²) in [4.78, 5) is 0. The van der Waals surface area contributed by atoms with Gasteiger partial charge in [0.2, 0.25) is 0 Å². The quantitative estimate of drug-likeness (QED) is 0.910. The van der Waals surface area contributed by atoms with Gasteiger partial charge in [-0.05, 0) is 38.0 Å². The fraction of sp³-hybridized carbons (Fsp3) is 0.294. The first-order chi connectivity index (χ1) is 9.97. The van der Waals surface area contributed by atoms with Crippen LogP contribution in [0.25, 0.3) is 0 Å². The van der Waals surface area contributed by atoms with Crippen LogP contribution in [-0.2, 0) is 13.0 Å². The second-order valence-electron chi connectivity index (χ2n) is 5.29. The Labute approximate surface area is 123 Å². The first-order valence-electron chi connectivity index (χ1n) is 6.88. The molecule has 0 aliphatic carbocycles. The van der Waals surface area contributed by atoms with Gasteiger partial charge in [-0.2, -0.15) is 0 Å². The van der Waals surface area contributed by atoms with Crippen LogP contribution in [0.15, 0.2) is 36.4 Å². The maximum absolute atomic E-state index is 13.6. The molecule has 0 saturated heterocycles. The van der Waals surface area contributed by atoms with Crippen LogP contribution in [0.3, 0.4) is 0 Å². The number of hydrogen-bond acceptors (Lipinski definition) is 2. The van der Waals surface area contributed by atoms with Gasteiger partial charge in [0, 0.05) is 11.6 Å². The molecule has 0 aliphatic heterocycles. The van der Waals surface area contributed by atoms with E-state index in [0.717, 1.165) is 17.2 Å². The van der Waals surface area contributed by atoms with E-state index in [1.54, 1.807) is 0 Å². The SMILES string of the molecule is Cc1ccc(OCc2cccc(F)c2F)c(CC(C)N)c1. The maximum Gasteiger partial charge on any atom is 0.165 e. The number of rotatable bonds is 5. The second-order valence-corrected chi connectivity index (χ2v) is 5.29. The standard InChI is InChI=1S/C17H19F2NO/c1-11-6-7-16(14(8-11)9-12(2)20)21-10-13-4-3-5-15(18)17(13)19/h3-8,12H,9-10,20H2,1-2H3. The van der Waals surface area contributed by atoms with Crippen LogP contribution in [0.4, 0.5) is 8.78 Å². The van der Waals surface area contributed by atoms with Crippen LogP contribution in [-0.4, -0.2) is 6.04 Å². The maximum atomic E-state index is 13.6. The van der Waals surface area contributed by atoms with Gasteiger partial charge in [-0.15, -0.1) is 0 Å². The summed E-state index contributed by atoms with van der Waals surface area (Å²) in [6.07, 6.45) is 0.669. The van der Waals surface area contributed by atoms with E-state index < -0.39 is 11.6 Å². The number of nitrogens with two attached hydrogens (primary N) is 1. The van der Waals surface area contributed by atoms with Gasteiger partial charge in [0.15, 0.2) is 11.6 Å². The highest BCUT2D eigenvalue weighted by atomic mass is 19.2. The molecule has 0 radical (unpaired) electrons. The molecule has 0 aromatic heterocycles. The predicted molar refractivity (Wildman–Crippen MR) is 79.2 cm³/mol. The number of halogens is 2. The normalized spacial score (nSPS) is 12.2. The Morgan fingerprint density at radius 1 is 1.14 bits per heavy atom. The molecule has 0 fully saturated rings. The van der Waals surface area contributed by atoms with E-state index in [1.807, 2.05) is 32.0 Å². The Morgan fingerprint density at radius 3 is 2.62 bits per heavy atom. The highest BCUT2D eigenvalue weighted by molar-refractivity contribution is 5.37. The van der Waals surface area contributed by atoms with E-state index in [2.05, 4.69) is 0 Å². The fourth-order valence-electron chi connectivity index (χ4n) is 2.17. The smallest absolute Gasteiger partial charge is 0.165 e. The van der Waals surface area contributed by atoms with Crippen LogP contribution >= 0.6 is 0 Å². The van der Waals surface area contributed by atoms with Crippen LogP contribution in [0.2, 0.25) is 0 Å². The molecule has 0 saturated carbocycles. The zero-order chi connectivity index (χ0) is 15.4. The predicted octanol–water partition coefficient (Wildman–Crippen LogP) is 3.74. The summed E-state index contributed by atoms with van der Waals surface area (Å²) in [6.45, 7) is 3.89. The molecule has 112 valence electrons. The third-order valence-electron chi connectivity index (χ3n) is 3.17. The highest BCUT2D eigenvalue weighted by Gasteiger charge is 2.11. The van der Waals surface area contributed by atoms with E-state index >= 15 is 0 Å². The molecule has 0 bridgehead atoms. The summed E-state index contributed by atoms with van der Waals surface area (Å²) in [7, 11) is 0. The molecule has 2 rings (SSSR count). The summed E-state index contributed by atoms with van der Waals surface area (Å²) in [5.74, 6) is -1.07. The fourth-order valence-corrected chi connectivity index (χ4v) is 2.17. The second kappa shape index (κ2) is 6.68. The lowest BCUT2D eigenvalue weighted by molar-refractivity contribution is 0.293. The van der Waals surface area contributed by atoms with Gasteiger partial charge >= 0.3 is 0 Å². The molecule has 0 heterocycles. The van der Waals surface area contributed by atoms with E-state index in [-0.39, 0.29) is 18.2 Å². The molecule has 2 N–H and O–H groups in total.